The minimum Gasteiger partial charge on any atom is -0.380 e. The molecule has 1 saturated heterocycles. The first kappa shape index (κ1) is 14.8. The quantitative estimate of drug-likeness (QED) is 0.749. The van der Waals surface area contributed by atoms with Crippen LogP contribution in [0, 0.1) is 0 Å². The van der Waals surface area contributed by atoms with Crippen LogP contribution in [0.1, 0.15) is 25.0 Å². The van der Waals surface area contributed by atoms with Gasteiger partial charge in [0.25, 0.3) is 0 Å². The summed E-state index contributed by atoms with van der Waals surface area (Å²) < 4.78 is 11.4. The van der Waals surface area contributed by atoms with Crippen LogP contribution in [0.25, 0.3) is 0 Å². The standard InChI is InChI=1S/C15H22ClNO2/c1-2-9-18-10-7-17-8-11-19-15(12-17)13-3-5-14(16)6-4-13/h3-6,15H,2,7-12H2,1H3. The van der Waals surface area contributed by atoms with Gasteiger partial charge < -0.3 is 9.47 Å². The van der Waals surface area contributed by atoms with E-state index in [2.05, 4.69) is 11.8 Å². The Hall–Kier alpha value is -0.610. The summed E-state index contributed by atoms with van der Waals surface area (Å²) in [4.78, 5) is 2.40. The van der Waals surface area contributed by atoms with E-state index in [1.165, 1.54) is 5.56 Å². The van der Waals surface area contributed by atoms with Gasteiger partial charge in [-0.15, -0.1) is 0 Å². The van der Waals surface area contributed by atoms with Gasteiger partial charge in [0.2, 0.25) is 0 Å². The second kappa shape index (κ2) is 7.85. The van der Waals surface area contributed by atoms with E-state index < -0.39 is 0 Å². The average molecular weight is 284 g/mol. The summed E-state index contributed by atoms with van der Waals surface area (Å²) >= 11 is 5.91. The molecule has 0 aliphatic carbocycles. The van der Waals surface area contributed by atoms with E-state index >= 15 is 0 Å². The summed E-state index contributed by atoms with van der Waals surface area (Å²) in [6.45, 7) is 7.46. The van der Waals surface area contributed by atoms with Crippen molar-refractivity contribution in [3.05, 3.63) is 34.9 Å². The van der Waals surface area contributed by atoms with Crippen LogP contribution in [0.4, 0.5) is 0 Å². The summed E-state index contributed by atoms with van der Waals surface area (Å²) in [6.07, 6.45) is 1.23. The van der Waals surface area contributed by atoms with Gasteiger partial charge in [0.05, 0.1) is 19.3 Å². The zero-order valence-corrected chi connectivity index (χ0v) is 12.2. The Morgan fingerprint density at radius 1 is 1.32 bits per heavy atom. The van der Waals surface area contributed by atoms with Gasteiger partial charge in [-0.05, 0) is 24.1 Å². The van der Waals surface area contributed by atoms with Crippen molar-refractivity contribution in [3.8, 4) is 0 Å². The van der Waals surface area contributed by atoms with Crippen molar-refractivity contribution in [1.82, 2.24) is 4.90 Å². The Kier molecular flexibility index (Phi) is 6.11. The number of rotatable bonds is 6. The Morgan fingerprint density at radius 2 is 2.11 bits per heavy atom. The molecule has 0 bridgehead atoms. The number of morpholine rings is 1. The first-order chi connectivity index (χ1) is 9.29. The lowest BCUT2D eigenvalue weighted by molar-refractivity contribution is -0.0377. The highest BCUT2D eigenvalue weighted by molar-refractivity contribution is 6.30. The van der Waals surface area contributed by atoms with E-state index in [0.717, 1.165) is 50.9 Å². The minimum atomic E-state index is 0.150. The topological polar surface area (TPSA) is 21.7 Å². The first-order valence-corrected chi connectivity index (χ1v) is 7.34. The first-order valence-electron chi connectivity index (χ1n) is 6.96. The van der Waals surface area contributed by atoms with Crippen molar-refractivity contribution in [3.63, 3.8) is 0 Å². The summed E-state index contributed by atoms with van der Waals surface area (Å²) in [6, 6.07) is 7.93. The highest BCUT2D eigenvalue weighted by Gasteiger charge is 2.21. The van der Waals surface area contributed by atoms with Crippen LogP contribution < -0.4 is 0 Å². The van der Waals surface area contributed by atoms with Crippen LogP contribution in [0.3, 0.4) is 0 Å². The molecule has 3 nitrogen and oxygen atoms in total. The van der Waals surface area contributed by atoms with Crippen molar-refractivity contribution in [2.24, 2.45) is 0 Å². The van der Waals surface area contributed by atoms with E-state index in [1.807, 2.05) is 24.3 Å². The number of hydrogen-bond donors (Lipinski definition) is 0. The van der Waals surface area contributed by atoms with Crippen LogP contribution in [-0.2, 0) is 9.47 Å². The number of hydrogen-bond acceptors (Lipinski definition) is 3. The second-order valence-corrected chi connectivity index (χ2v) is 5.26. The van der Waals surface area contributed by atoms with E-state index in [9.17, 15) is 0 Å². The summed E-state index contributed by atoms with van der Waals surface area (Å²) in [5.74, 6) is 0. The highest BCUT2D eigenvalue weighted by Crippen LogP contribution is 2.23. The van der Waals surface area contributed by atoms with Gasteiger partial charge in [0, 0.05) is 31.3 Å². The van der Waals surface area contributed by atoms with Crippen molar-refractivity contribution >= 4 is 11.6 Å². The van der Waals surface area contributed by atoms with Gasteiger partial charge in [-0.1, -0.05) is 30.7 Å². The molecule has 1 fully saturated rings. The lowest BCUT2D eigenvalue weighted by Gasteiger charge is -2.33. The molecule has 0 radical (unpaired) electrons. The van der Waals surface area contributed by atoms with Crippen LogP contribution in [0.2, 0.25) is 5.02 Å². The lowest BCUT2D eigenvalue weighted by atomic mass is 10.1. The Balaban J connectivity index is 1.81. The molecule has 0 saturated carbocycles. The van der Waals surface area contributed by atoms with Crippen molar-refractivity contribution in [2.75, 3.05) is 39.5 Å². The van der Waals surface area contributed by atoms with Crippen LogP contribution in [-0.4, -0.2) is 44.4 Å². The third kappa shape index (κ3) is 4.77. The molecular formula is C15H22ClNO2. The fraction of sp³-hybridized carbons (Fsp3) is 0.600. The molecule has 2 rings (SSSR count). The molecule has 1 aliphatic heterocycles. The van der Waals surface area contributed by atoms with Crippen LogP contribution >= 0.6 is 11.6 Å². The molecule has 19 heavy (non-hydrogen) atoms. The maximum Gasteiger partial charge on any atom is 0.0952 e. The second-order valence-electron chi connectivity index (χ2n) is 4.82. The molecule has 1 unspecified atom stereocenters. The molecule has 1 aromatic carbocycles. The predicted molar refractivity (Wildman–Crippen MR) is 77.7 cm³/mol. The minimum absolute atomic E-state index is 0.150. The number of halogens is 1. The zero-order valence-electron chi connectivity index (χ0n) is 11.5. The SMILES string of the molecule is CCCOCCN1CCOC(c2ccc(Cl)cc2)C1. The Morgan fingerprint density at radius 3 is 2.84 bits per heavy atom. The van der Waals surface area contributed by atoms with Gasteiger partial charge >= 0.3 is 0 Å². The summed E-state index contributed by atoms with van der Waals surface area (Å²) in [7, 11) is 0. The molecule has 1 aromatic rings. The molecule has 106 valence electrons. The molecule has 0 amide bonds. The fourth-order valence-electron chi connectivity index (χ4n) is 2.22. The maximum absolute atomic E-state index is 5.91. The monoisotopic (exact) mass is 283 g/mol. The van der Waals surface area contributed by atoms with Gasteiger partial charge in [-0.25, -0.2) is 0 Å². The normalized spacial score (nSPS) is 20.6. The van der Waals surface area contributed by atoms with Gasteiger partial charge in [0.15, 0.2) is 0 Å². The largest absolute Gasteiger partial charge is 0.380 e. The molecule has 1 aliphatic rings. The maximum atomic E-state index is 5.91. The highest BCUT2D eigenvalue weighted by atomic mass is 35.5. The van der Waals surface area contributed by atoms with Crippen molar-refractivity contribution < 1.29 is 9.47 Å². The predicted octanol–water partition coefficient (Wildman–Crippen LogP) is 3.14. The molecule has 4 heteroatoms. The van der Waals surface area contributed by atoms with Crippen LogP contribution in [0.5, 0.6) is 0 Å². The van der Waals surface area contributed by atoms with Gasteiger partial charge in [0.1, 0.15) is 0 Å². The zero-order chi connectivity index (χ0) is 13.5. The van der Waals surface area contributed by atoms with Crippen molar-refractivity contribution in [2.45, 2.75) is 19.4 Å². The smallest absolute Gasteiger partial charge is 0.0952 e. The molecule has 1 heterocycles. The van der Waals surface area contributed by atoms with E-state index in [4.69, 9.17) is 21.1 Å². The number of nitrogens with zero attached hydrogens (tertiary/aromatic N) is 1. The number of benzene rings is 1. The number of ether oxygens (including phenoxy) is 2. The molecule has 0 spiro atoms. The molecule has 1 atom stereocenters. The Labute approximate surface area is 120 Å². The van der Waals surface area contributed by atoms with E-state index in [0.29, 0.717) is 0 Å². The van der Waals surface area contributed by atoms with Gasteiger partial charge in [-0.3, -0.25) is 4.90 Å². The fourth-order valence-corrected chi connectivity index (χ4v) is 2.35. The van der Waals surface area contributed by atoms with Gasteiger partial charge in [-0.2, -0.15) is 0 Å². The molecule has 0 aromatic heterocycles. The molecule has 0 N–H and O–H groups in total. The summed E-state index contributed by atoms with van der Waals surface area (Å²) in [5.41, 5.74) is 1.20. The van der Waals surface area contributed by atoms with E-state index in [1.54, 1.807) is 0 Å². The third-order valence-electron chi connectivity index (χ3n) is 3.29. The Bertz CT molecular complexity index is 369. The van der Waals surface area contributed by atoms with Crippen molar-refractivity contribution in [1.29, 1.82) is 0 Å². The van der Waals surface area contributed by atoms with E-state index in [-0.39, 0.29) is 6.10 Å². The lowest BCUT2D eigenvalue weighted by Crippen LogP contribution is -2.40. The van der Waals surface area contributed by atoms with Crippen LogP contribution in [0.15, 0.2) is 24.3 Å². The molecular weight excluding hydrogens is 262 g/mol. The third-order valence-corrected chi connectivity index (χ3v) is 3.54. The summed E-state index contributed by atoms with van der Waals surface area (Å²) in [5, 5.41) is 0.768. The average Bonchev–Trinajstić information content (AvgIpc) is 2.45.